The van der Waals surface area contributed by atoms with Crippen molar-refractivity contribution in [2.24, 2.45) is 0 Å². The van der Waals surface area contributed by atoms with Crippen LogP contribution in [0, 0.1) is 0 Å². The van der Waals surface area contributed by atoms with Crippen molar-refractivity contribution in [3.63, 3.8) is 0 Å². The van der Waals surface area contributed by atoms with Crippen LogP contribution in [0.2, 0.25) is 0 Å². The molecule has 21 heavy (non-hydrogen) atoms. The fourth-order valence-electron chi connectivity index (χ4n) is 2.69. The first-order valence-electron chi connectivity index (χ1n) is 6.82. The molecule has 0 spiro atoms. The van der Waals surface area contributed by atoms with Gasteiger partial charge in [0.1, 0.15) is 12.3 Å². The van der Waals surface area contributed by atoms with Crippen molar-refractivity contribution in [1.82, 2.24) is 10.2 Å². The molecule has 2 aromatic rings. The summed E-state index contributed by atoms with van der Waals surface area (Å²) in [7, 11) is 1.59. The molecule has 0 saturated heterocycles. The van der Waals surface area contributed by atoms with E-state index in [2.05, 4.69) is 5.32 Å². The second-order valence-corrected chi connectivity index (χ2v) is 5.05. The van der Waals surface area contributed by atoms with Crippen LogP contribution in [0.1, 0.15) is 21.5 Å². The molecule has 2 amide bonds. The van der Waals surface area contributed by atoms with Gasteiger partial charge >= 0.3 is 0 Å². The largest absolute Gasteiger partial charge is 0.472 e. The third-order valence-electron chi connectivity index (χ3n) is 3.83. The molecule has 1 aromatic carbocycles. The summed E-state index contributed by atoms with van der Waals surface area (Å²) in [5.41, 5.74) is 2.65. The lowest BCUT2D eigenvalue weighted by molar-refractivity contribution is -0.125. The van der Waals surface area contributed by atoms with Gasteiger partial charge in [-0.05, 0) is 17.2 Å². The Hall–Kier alpha value is -2.56. The Balaban J connectivity index is 1.96. The summed E-state index contributed by atoms with van der Waals surface area (Å²) in [4.78, 5) is 26.3. The highest BCUT2D eigenvalue weighted by Gasteiger charge is 2.34. The number of furan rings is 1. The Labute approximate surface area is 122 Å². The number of carbonyl (C=O) groups excluding carboxylic acids is 2. The fourth-order valence-corrected chi connectivity index (χ4v) is 2.69. The zero-order valence-corrected chi connectivity index (χ0v) is 11.7. The molecule has 108 valence electrons. The van der Waals surface area contributed by atoms with E-state index in [0.717, 1.165) is 11.1 Å². The molecule has 1 N–H and O–H groups in total. The highest BCUT2D eigenvalue weighted by atomic mass is 16.3. The predicted molar refractivity (Wildman–Crippen MR) is 76.6 cm³/mol. The van der Waals surface area contributed by atoms with Crippen molar-refractivity contribution in [3.8, 4) is 0 Å². The van der Waals surface area contributed by atoms with Gasteiger partial charge in [0.05, 0.1) is 11.8 Å². The van der Waals surface area contributed by atoms with Crippen molar-refractivity contribution < 1.29 is 14.0 Å². The first-order chi connectivity index (χ1) is 10.2. The Kier molecular flexibility index (Phi) is 3.48. The van der Waals surface area contributed by atoms with Crippen LogP contribution in [0.4, 0.5) is 0 Å². The number of hydrogen-bond acceptors (Lipinski definition) is 3. The molecule has 0 saturated carbocycles. The summed E-state index contributed by atoms with van der Waals surface area (Å²) in [6.45, 7) is 0.429. The van der Waals surface area contributed by atoms with Gasteiger partial charge in [0.2, 0.25) is 5.91 Å². The average Bonchev–Trinajstić information content (AvgIpc) is 3.06. The van der Waals surface area contributed by atoms with E-state index >= 15 is 0 Å². The van der Waals surface area contributed by atoms with E-state index < -0.39 is 6.04 Å². The quantitative estimate of drug-likeness (QED) is 0.911. The van der Waals surface area contributed by atoms with E-state index in [9.17, 15) is 9.59 Å². The number of benzene rings is 1. The minimum absolute atomic E-state index is 0.152. The van der Waals surface area contributed by atoms with Crippen LogP contribution in [-0.2, 0) is 17.8 Å². The van der Waals surface area contributed by atoms with Crippen molar-refractivity contribution in [3.05, 3.63) is 59.5 Å². The summed E-state index contributed by atoms with van der Waals surface area (Å²) in [6, 6.07) is 9.01. The Morgan fingerprint density at radius 1 is 1.24 bits per heavy atom. The van der Waals surface area contributed by atoms with Gasteiger partial charge < -0.3 is 14.6 Å². The van der Waals surface area contributed by atoms with E-state index in [1.807, 2.05) is 24.3 Å². The lowest BCUT2D eigenvalue weighted by atomic mass is 9.93. The monoisotopic (exact) mass is 284 g/mol. The fraction of sp³-hybridized carbons (Fsp3) is 0.250. The van der Waals surface area contributed by atoms with Crippen LogP contribution in [-0.4, -0.2) is 29.8 Å². The van der Waals surface area contributed by atoms with Crippen LogP contribution >= 0.6 is 0 Å². The minimum Gasteiger partial charge on any atom is -0.472 e. The van der Waals surface area contributed by atoms with Crippen LogP contribution in [0.3, 0.4) is 0 Å². The average molecular weight is 284 g/mol. The molecule has 1 aliphatic heterocycles. The van der Waals surface area contributed by atoms with Gasteiger partial charge in [-0.25, -0.2) is 0 Å². The normalized spacial score (nSPS) is 17.2. The molecule has 5 nitrogen and oxygen atoms in total. The summed E-state index contributed by atoms with van der Waals surface area (Å²) in [5, 5.41) is 2.64. The standard InChI is InChI=1S/C16H16N2O3/c1-17-15(19)14-8-11-4-2-3-5-12(11)9-18(14)16(20)13-6-7-21-10-13/h2-7,10,14H,8-9H2,1H3,(H,17,19). The first-order valence-corrected chi connectivity index (χ1v) is 6.82. The lowest BCUT2D eigenvalue weighted by Gasteiger charge is -2.35. The molecule has 1 atom stereocenters. The molecule has 0 radical (unpaired) electrons. The molecular formula is C16H16N2O3. The van der Waals surface area contributed by atoms with E-state index in [1.54, 1.807) is 18.0 Å². The van der Waals surface area contributed by atoms with Crippen molar-refractivity contribution in [2.75, 3.05) is 7.05 Å². The highest BCUT2D eigenvalue weighted by Crippen LogP contribution is 2.25. The number of carbonyl (C=O) groups is 2. The highest BCUT2D eigenvalue weighted by molar-refractivity contribution is 5.97. The molecule has 1 aliphatic rings. The van der Waals surface area contributed by atoms with Crippen LogP contribution in [0.5, 0.6) is 0 Å². The molecule has 2 heterocycles. The van der Waals surface area contributed by atoms with Crippen LogP contribution < -0.4 is 5.32 Å². The van der Waals surface area contributed by atoms with Gasteiger partial charge in [-0.1, -0.05) is 24.3 Å². The number of amides is 2. The van der Waals surface area contributed by atoms with Gasteiger partial charge in [0, 0.05) is 20.0 Å². The number of likely N-dealkylation sites (N-methyl/N-ethyl adjacent to an activating group) is 1. The first kappa shape index (κ1) is 13.4. The SMILES string of the molecule is CNC(=O)C1Cc2ccccc2CN1C(=O)c1ccoc1. The number of nitrogens with one attached hydrogen (secondary N) is 1. The maximum atomic E-state index is 12.6. The minimum atomic E-state index is -0.493. The maximum absolute atomic E-state index is 12.6. The summed E-state index contributed by atoms with van der Waals surface area (Å²) in [5.74, 6) is -0.340. The second kappa shape index (κ2) is 5.44. The number of nitrogens with zero attached hydrogens (tertiary/aromatic N) is 1. The molecule has 5 heteroatoms. The zero-order chi connectivity index (χ0) is 14.8. The molecular weight excluding hydrogens is 268 g/mol. The van der Waals surface area contributed by atoms with Crippen LogP contribution in [0.15, 0.2) is 47.3 Å². The molecule has 0 fully saturated rings. The Bertz CT molecular complexity index is 664. The maximum Gasteiger partial charge on any atom is 0.258 e. The summed E-state index contributed by atoms with van der Waals surface area (Å²) < 4.78 is 4.97. The van der Waals surface area contributed by atoms with E-state index in [4.69, 9.17) is 4.42 Å². The smallest absolute Gasteiger partial charge is 0.258 e. The third-order valence-corrected chi connectivity index (χ3v) is 3.83. The van der Waals surface area contributed by atoms with Gasteiger partial charge in [-0.2, -0.15) is 0 Å². The van der Waals surface area contributed by atoms with Gasteiger partial charge in [0.15, 0.2) is 0 Å². The summed E-state index contributed by atoms with van der Waals surface area (Å²) in [6.07, 6.45) is 3.39. The molecule has 1 unspecified atom stereocenters. The van der Waals surface area contributed by atoms with Crippen molar-refractivity contribution >= 4 is 11.8 Å². The lowest BCUT2D eigenvalue weighted by Crippen LogP contribution is -2.51. The van der Waals surface area contributed by atoms with Gasteiger partial charge in [-0.15, -0.1) is 0 Å². The van der Waals surface area contributed by atoms with Crippen molar-refractivity contribution in [2.45, 2.75) is 19.0 Å². The molecule has 3 rings (SSSR count). The van der Waals surface area contributed by atoms with E-state index in [0.29, 0.717) is 18.5 Å². The Morgan fingerprint density at radius 3 is 2.67 bits per heavy atom. The predicted octanol–water partition coefficient (Wildman–Crippen LogP) is 1.59. The van der Waals surface area contributed by atoms with Gasteiger partial charge in [-0.3, -0.25) is 9.59 Å². The Morgan fingerprint density at radius 2 is 2.00 bits per heavy atom. The van der Waals surface area contributed by atoms with Crippen LogP contribution in [0.25, 0.3) is 0 Å². The summed E-state index contributed by atoms with van der Waals surface area (Å²) >= 11 is 0. The third kappa shape index (κ3) is 2.42. The zero-order valence-electron chi connectivity index (χ0n) is 11.7. The van der Waals surface area contributed by atoms with Crippen molar-refractivity contribution in [1.29, 1.82) is 0 Å². The van der Waals surface area contributed by atoms with E-state index in [1.165, 1.54) is 12.5 Å². The second-order valence-electron chi connectivity index (χ2n) is 5.05. The van der Waals surface area contributed by atoms with E-state index in [-0.39, 0.29) is 11.8 Å². The van der Waals surface area contributed by atoms with Gasteiger partial charge in [0.25, 0.3) is 5.91 Å². The number of fused-ring (bicyclic) bond motifs is 1. The number of rotatable bonds is 2. The number of hydrogen-bond donors (Lipinski definition) is 1. The molecule has 0 aliphatic carbocycles. The molecule has 0 bridgehead atoms. The molecule has 1 aromatic heterocycles. The topological polar surface area (TPSA) is 62.6 Å².